The summed E-state index contributed by atoms with van der Waals surface area (Å²) in [6.45, 7) is 3.11. The highest BCUT2D eigenvalue weighted by molar-refractivity contribution is 6.05. The van der Waals surface area contributed by atoms with E-state index < -0.39 is 17.4 Å². The van der Waals surface area contributed by atoms with Crippen LogP contribution in [0.3, 0.4) is 0 Å². The van der Waals surface area contributed by atoms with Gasteiger partial charge in [0, 0.05) is 5.39 Å². The minimum atomic E-state index is -1.37. The van der Waals surface area contributed by atoms with Gasteiger partial charge < -0.3 is 15.5 Å². The highest BCUT2D eigenvalue weighted by atomic mass is 16.4. The first-order chi connectivity index (χ1) is 9.89. The van der Waals surface area contributed by atoms with Crippen LogP contribution in [-0.2, 0) is 4.79 Å². The summed E-state index contributed by atoms with van der Waals surface area (Å²) < 4.78 is 0. The molecular weight excluding hydrogens is 270 g/mol. The van der Waals surface area contributed by atoms with Gasteiger partial charge in [-0.05, 0) is 24.8 Å². The van der Waals surface area contributed by atoms with E-state index in [2.05, 4.69) is 5.32 Å². The van der Waals surface area contributed by atoms with Gasteiger partial charge in [-0.1, -0.05) is 37.3 Å². The lowest BCUT2D eigenvalue weighted by Gasteiger charge is -2.24. The van der Waals surface area contributed by atoms with E-state index in [-0.39, 0.29) is 17.7 Å². The fourth-order valence-electron chi connectivity index (χ4n) is 2.05. The largest absolute Gasteiger partial charge is 0.506 e. The second-order valence-corrected chi connectivity index (χ2v) is 5.13. The third-order valence-corrected chi connectivity index (χ3v) is 3.71. The fourth-order valence-corrected chi connectivity index (χ4v) is 2.05. The molecule has 2 aromatic carbocycles. The molecule has 110 valence electrons. The van der Waals surface area contributed by atoms with Gasteiger partial charge in [-0.2, -0.15) is 0 Å². The lowest BCUT2D eigenvalue weighted by Crippen LogP contribution is -2.51. The van der Waals surface area contributed by atoms with E-state index in [1.165, 1.54) is 13.0 Å². The fraction of sp³-hybridized carbons (Fsp3) is 0.250. The Bertz CT molecular complexity index is 710. The Balaban J connectivity index is 2.40. The zero-order valence-corrected chi connectivity index (χ0v) is 11.9. The molecule has 0 saturated heterocycles. The highest BCUT2D eigenvalue weighted by Crippen LogP contribution is 2.28. The summed E-state index contributed by atoms with van der Waals surface area (Å²) in [5.41, 5.74) is -1.30. The molecule has 0 fully saturated rings. The van der Waals surface area contributed by atoms with Crippen molar-refractivity contribution in [3.05, 3.63) is 42.0 Å². The number of hydrogen-bond acceptors (Lipinski definition) is 3. The monoisotopic (exact) mass is 287 g/mol. The van der Waals surface area contributed by atoms with Gasteiger partial charge in [-0.3, -0.25) is 4.79 Å². The molecule has 0 spiro atoms. The predicted octanol–water partition coefficient (Wildman–Crippen LogP) is 2.53. The van der Waals surface area contributed by atoms with Gasteiger partial charge in [0.15, 0.2) is 0 Å². The number of carboxylic acids is 1. The van der Waals surface area contributed by atoms with E-state index in [1.54, 1.807) is 25.1 Å². The molecule has 21 heavy (non-hydrogen) atoms. The maximum absolute atomic E-state index is 12.3. The number of hydrogen-bond donors (Lipinski definition) is 3. The number of nitrogens with one attached hydrogen (secondary N) is 1. The zero-order chi connectivity index (χ0) is 15.6. The van der Waals surface area contributed by atoms with Crippen LogP contribution in [0.25, 0.3) is 10.8 Å². The zero-order valence-electron chi connectivity index (χ0n) is 11.9. The van der Waals surface area contributed by atoms with Crippen LogP contribution in [0.15, 0.2) is 36.4 Å². The first-order valence-electron chi connectivity index (χ1n) is 6.65. The summed E-state index contributed by atoms with van der Waals surface area (Å²) in [7, 11) is 0. The SMILES string of the molecule is CCC(C)(NC(=O)c1ccc2ccccc2c1O)C(=O)O. The highest BCUT2D eigenvalue weighted by Gasteiger charge is 2.33. The van der Waals surface area contributed by atoms with E-state index in [0.29, 0.717) is 5.39 Å². The van der Waals surface area contributed by atoms with Crippen molar-refractivity contribution in [2.75, 3.05) is 0 Å². The van der Waals surface area contributed by atoms with Gasteiger partial charge in [0.25, 0.3) is 5.91 Å². The number of carbonyl (C=O) groups is 2. The average Bonchev–Trinajstić information content (AvgIpc) is 2.47. The van der Waals surface area contributed by atoms with Crippen molar-refractivity contribution in [1.29, 1.82) is 0 Å². The molecule has 0 aliphatic carbocycles. The van der Waals surface area contributed by atoms with E-state index in [0.717, 1.165) is 5.39 Å². The van der Waals surface area contributed by atoms with Gasteiger partial charge in [-0.25, -0.2) is 4.79 Å². The Labute approximate surface area is 122 Å². The first-order valence-corrected chi connectivity index (χ1v) is 6.65. The van der Waals surface area contributed by atoms with Crippen molar-refractivity contribution in [2.24, 2.45) is 0 Å². The molecule has 1 unspecified atom stereocenters. The number of benzene rings is 2. The molecule has 0 radical (unpaired) electrons. The Morgan fingerprint density at radius 2 is 1.86 bits per heavy atom. The maximum atomic E-state index is 12.3. The van der Waals surface area contributed by atoms with Crippen molar-refractivity contribution in [3.63, 3.8) is 0 Å². The summed E-state index contributed by atoms with van der Waals surface area (Å²) in [4.78, 5) is 23.5. The number of aromatic hydroxyl groups is 1. The van der Waals surface area contributed by atoms with E-state index in [4.69, 9.17) is 0 Å². The topological polar surface area (TPSA) is 86.6 Å². The van der Waals surface area contributed by atoms with Gasteiger partial charge in [0.05, 0.1) is 5.56 Å². The van der Waals surface area contributed by atoms with E-state index in [1.807, 2.05) is 12.1 Å². The molecule has 5 heteroatoms. The van der Waals surface area contributed by atoms with Crippen molar-refractivity contribution < 1.29 is 19.8 Å². The number of carboxylic acid groups (broad SMARTS) is 1. The van der Waals surface area contributed by atoms with Crippen molar-refractivity contribution in [1.82, 2.24) is 5.32 Å². The third kappa shape index (κ3) is 2.67. The van der Waals surface area contributed by atoms with Crippen LogP contribution in [-0.4, -0.2) is 27.6 Å². The van der Waals surface area contributed by atoms with Gasteiger partial charge in [0.1, 0.15) is 11.3 Å². The molecule has 0 saturated carbocycles. The van der Waals surface area contributed by atoms with Crippen molar-refractivity contribution in [3.8, 4) is 5.75 Å². The Morgan fingerprint density at radius 1 is 1.19 bits per heavy atom. The minimum Gasteiger partial charge on any atom is -0.506 e. The molecule has 3 N–H and O–H groups in total. The maximum Gasteiger partial charge on any atom is 0.329 e. The molecule has 1 amide bonds. The molecule has 0 aliphatic rings. The van der Waals surface area contributed by atoms with Crippen LogP contribution >= 0.6 is 0 Å². The number of phenolic OH excluding ortho intramolecular Hbond substituents is 1. The number of carbonyl (C=O) groups excluding carboxylic acids is 1. The molecule has 2 aromatic rings. The van der Waals surface area contributed by atoms with Gasteiger partial charge >= 0.3 is 5.97 Å². The van der Waals surface area contributed by atoms with Crippen LogP contribution < -0.4 is 5.32 Å². The molecular formula is C16H17NO4. The number of fused-ring (bicyclic) bond motifs is 1. The van der Waals surface area contributed by atoms with Crippen LogP contribution in [0.5, 0.6) is 5.75 Å². The van der Waals surface area contributed by atoms with E-state index >= 15 is 0 Å². The normalized spacial score (nSPS) is 13.6. The van der Waals surface area contributed by atoms with Crippen LogP contribution in [0.2, 0.25) is 0 Å². The minimum absolute atomic E-state index is 0.0645. The Morgan fingerprint density at radius 3 is 2.48 bits per heavy atom. The van der Waals surface area contributed by atoms with E-state index in [9.17, 15) is 19.8 Å². The standard InChI is InChI=1S/C16H17NO4/c1-3-16(2,15(20)21)17-14(19)12-9-8-10-6-4-5-7-11(10)13(12)18/h4-9,18H,3H2,1-2H3,(H,17,19)(H,20,21). The summed E-state index contributed by atoms with van der Waals surface area (Å²) in [5, 5.41) is 23.2. The molecule has 0 aromatic heterocycles. The number of amides is 1. The Kier molecular flexibility index (Phi) is 3.84. The molecule has 0 bridgehead atoms. The summed E-state index contributed by atoms with van der Waals surface area (Å²) in [5.74, 6) is -1.86. The molecule has 0 aliphatic heterocycles. The van der Waals surface area contributed by atoms with Gasteiger partial charge in [0.2, 0.25) is 0 Å². The van der Waals surface area contributed by atoms with Crippen molar-refractivity contribution in [2.45, 2.75) is 25.8 Å². The number of rotatable bonds is 4. The first kappa shape index (κ1) is 14.8. The van der Waals surface area contributed by atoms with Gasteiger partial charge in [-0.15, -0.1) is 0 Å². The molecule has 2 rings (SSSR count). The van der Waals surface area contributed by atoms with Crippen LogP contribution in [0.4, 0.5) is 0 Å². The molecule has 1 atom stereocenters. The lowest BCUT2D eigenvalue weighted by molar-refractivity contribution is -0.143. The average molecular weight is 287 g/mol. The quantitative estimate of drug-likeness (QED) is 0.806. The summed E-state index contributed by atoms with van der Waals surface area (Å²) >= 11 is 0. The van der Waals surface area contributed by atoms with Crippen LogP contribution in [0.1, 0.15) is 30.6 Å². The summed E-state index contributed by atoms with van der Waals surface area (Å²) in [6, 6.07) is 10.3. The molecule has 5 nitrogen and oxygen atoms in total. The Hall–Kier alpha value is -2.56. The number of aliphatic carboxylic acids is 1. The molecule has 0 heterocycles. The third-order valence-electron chi connectivity index (χ3n) is 3.71. The van der Waals surface area contributed by atoms with Crippen LogP contribution in [0, 0.1) is 0 Å². The number of phenols is 1. The predicted molar refractivity (Wildman–Crippen MR) is 79.4 cm³/mol. The second kappa shape index (κ2) is 5.44. The lowest BCUT2D eigenvalue weighted by atomic mass is 9.97. The second-order valence-electron chi connectivity index (χ2n) is 5.13. The smallest absolute Gasteiger partial charge is 0.329 e. The summed E-state index contributed by atoms with van der Waals surface area (Å²) in [6.07, 6.45) is 0.239. The van der Waals surface area contributed by atoms with Crippen molar-refractivity contribution >= 4 is 22.6 Å².